The Labute approximate surface area is 114 Å². The summed E-state index contributed by atoms with van der Waals surface area (Å²) in [7, 11) is 2.09. The number of aliphatic carboxylic acids is 1. The Balaban J connectivity index is 1.78. The van der Waals surface area contributed by atoms with Crippen molar-refractivity contribution in [2.45, 2.75) is 51.1 Å². The van der Waals surface area contributed by atoms with Crippen LogP contribution < -0.4 is 5.32 Å². The van der Waals surface area contributed by atoms with Crippen LogP contribution >= 0.6 is 0 Å². The van der Waals surface area contributed by atoms with Crippen LogP contribution in [0.5, 0.6) is 0 Å². The number of likely N-dealkylation sites (N-methyl/N-ethyl adjacent to an activating group) is 1. The minimum atomic E-state index is -0.833. The quantitative estimate of drug-likeness (QED) is 0.756. The van der Waals surface area contributed by atoms with Gasteiger partial charge in [0.05, 0.1) is 11.8 Å². The molecular formula is C14H24N2O3. The molecule has 0 saturated heterocycles. The van der Waals surface area contributed by atoms with Gasteiger partial charge in [0.1, 0.15) is 0 Å². The molecule has 3 atom stereocenters. The summed E-state index contributed by atoms with van der Waals surface area (Å²) in [5.41, 5.74) is 0. The molecule has 108 valence electrons. The molecule has 2 rings (SSSR count). The number of rotatable bonds is 6. The van der Waals surface area contributed by atoms with Crippen LogP contribution in [0.2, 0.25) is 0 Å². The van der Waals surface area contributed by atoms with Gasteiger partial charge < -0.3 is 10.4 Å². The lowest BCUT2D eigenvalue weighted by molar-refractivity contribution is -0.146. The molecule has 2 N–H and O–H groups in total. The van der Waals surface area contributed by atoms with E-state index in [0.29, 0.717) is 31.5 Å². The number of nitrogens with zero attached hydrogens (tertiary/aromatic N) is 1. The van der Waals surface area contributed by atoms with Gasteiger partial charge in [-0.15, -0.1) is 0 Å². The highest BCUT2D eigenvalue weighted by Gasteiger charge is 2.38. The van der Waals surface area contributed by atoms with Crippen LogP contribution in [0.4, 0.5) is 0 Å². The van der Waals surface area contributed by atoms with E-state index in [1.54, 1.807) is 0 Å². The fraction of sp³-hybridized carbons (Fsp3) is 0.857. The van der Waals surface area contributed by atoms with Gasteiger partial charge in [-0.05, 0) is 39.7 Å². The summed E-state index contributed by atoms with van der Waals surface area (Å²) in [5, 5.41) is 12.0. The Morgan fingerprint density at radius 1 is 1.26 bits per heavy atom. The summed E-state index contributed by atoms with van der Waals surface area (Å²) in [6.45, 7) is 2.70. The highest BCUT2D eigenvalue weighted by Crippen LogP contribution is 2.32. The number of hydrogen-bond donors (Lipinski definition) is 2. The van der Waals surface area contributed by atoms with Crippen LogP contribution in [0.3, 0.4) is 0 Å². The molecule has 2 aliphatic carbocycles. The third kappa shape index (κ3) is 3.47. The summed E-state index contributed by atoms with van der Waals surface area (Å²) in [6.07, 6.45) is 4.67. The van der Waals surface area contributed by atoms with E-state index >= 15 is 0 Å². The molecule has 1 amide bonds. The van der Waals surface area contributed by atoms with Crippen molar-refractivity contribution in [2.24, 2.45) is 11.8 Å². The molecule has 19 heavy (non-hydrogen) atoms. The molecule has 2 saturated carbocycles. The third-order valence-electron chi connectivity index (χ3n) is 4.56. The van der Waals surface area contributed by atoms with Crippen molar-refractivity contribution in [2.75, 3.05) is 13.6 Å². The van der Waals surface area contributed by atoms with Crippen LogP contribution in [-0.2, 0) is 9.59 Å². The molecule has 5 heteroatoms. The molecule has 2 fully saturated rings. The fourth-order valence-corrected chi connectivity index (χ4v) is 2.93. The first kappa shape index (κ1) is 14.3. The Kier molecular flexibility index (Phi) is 4.45. The lowest BCUT2D eigenvalue weighted by Gasteiger charge is -2.25. The van der Waals surface area contributed by atoms with Crippen molar-refractivity contribution < 1.29 is 14.7 Å². The average molecular weight is 268 g/mol. The smallest absolute Gasteiger partial charge is 0.307 e. The van der Waals surface area contributed by atoms with Gasteiger partial charge in [0.15, 0.2) is 0 Å². The number of hydrogen-bond acceptors (Lipinski definition) is 3. The molecule has 5 nitrogen and oxygen atoms in total. The maximum Gasteiger partial charge on any atom is 0.307 e. The molecular weight excluding hydrogens is 244 g/mol. The molecule has 0 radical (unpaired) electrons. The Bertz CT molecular complexity index is 355. The SMILES string of the molecule is CC(CNC(=O)[C@@H]1CCC[C@@H]1C(=O)O)N(C)C1CC1. The first-order valence-electron chi connectivity index (χ1n) is 7.23. The van der Waals surface area contributed by atoms with E-state index in [2.05, 4.69) is 24.2 Å². The van der Waals surface area contributed by atoms with Crippen LogP contribution in [0.15, 0.2) is 0 Å². The van der Waals surface area contributed by atoms with E-state index in [1.807, 2.05) is 0 Å². The van der Waals surface area contributed by atoms with Gasteiger partial charge >= 0.3 is 5.97 Å². The highest BCUT2D eigenvalue weighted by atomic mass is 16.4. The van der Waals surface area contributed by atoms with E-state index in [-0.39, 0.29) is 11.8 Å². The first-order chi connectivity index (χ1) is 9.00. The zero-order chi connectivity index (χ0) is 14.0. The van der Waals surface area contributed by atoms with Crippen LogP contribution in [0, 0.1) is 11.8 Å². The molecule has 0 aromatic carbocycles. The summed E-state index contributed by atoms with van der Waals surface area (Å²) < 4.78 is 0. The fourth-order valence-electron chi connectivity index (χ4n) is 2.93. The highest BCUT2D eigenvalue weighted by molar-refractivity contribution is 5.85. The zero-order valence-electron chi connectivity index (χ0n) is 11.8. The second-order valence-electron chi connectivity index (χ2n) is 5.97. The normalized spacial score (nSPS) is 28.4. The summed E-state index contributed by atoms with van der Waals surface area (Å²) in [5.74, 6) is -1.74. The molecule has 0 aliphatic heterocycles. The van der Waals surface area contributed by atoms with Gasteiger partial charge in [-0.1, -0.05) is 6.42 Å². The van der Waals surface area contributed by atoms with Crippen molar-refractivity contribution in [3.8, 4) is 0 Å². The zero-order valence-corrected chi connectivity index (χ0v) is 11.8. The van der Waals surface area contributed by atoms with E-state index in [0.717, 1.165) is 6.42 Å². The Morgan fingerprint density at radius 2 is 1.89 bits per heavy atom. The van der Waals surface area contributed by atoms with Gasteiger partial charge in [0, 0.05) is 18.6 Å². The van der Waals surface area contributed by atoms with E-state index in [9.17, 15) is 9.59 Å². The second kappa shape index (κ2) is 5.90. The molecule has 2 aliphatic rings. The van der Waals surface area contributed by atoms with E-state index < -0.39 is 11.9 Å². The standard InChI is InChI=1S/C14H24N2O3/c1-9(16(2)10-6-7-10)8-15-13(17)11-4-3-5-12(11)14(18)19/h9-12H,3-8H2,1-2H3,(H,15,17)(H,18,19)/t9?,11-,12+/m1/s1. The lowest BCUT2D eigenvalue weighted by atomic mass is 9.95. The van der Waals surface area contributed by atoms with Crippen molar-refractivity contribution in [1.82, 2.24) is 10.2 Å². The van der Waals surface area contributed by atoms with Crippen LogP contribution in [0.25, 0.3) is 0 Å². The summed E-state index contributed by atoms with van der Waals surface area (Å²) in [6, 6.07) is 0.978. The predicted molar refractivity (Wildman–Crippen MR) is 71.7 cm³/mol. The van der Waals surface area contributed by atoms with E-state index in [1.165, 1.54) is 12.8 Å². The maximum absolute atomic E-state index is 12.1. The van der Waals surface area contributed by atoms with Crippen molar-refractivity contribution in [1.29, 1.82) is 0 Å². The molecule has 0 aromatic heterocycles. The largest absolute Gasteiger partial charge is 0.481 e. The first-order valence-corrected chi connectivity index (χ1v) is 7.23. The van der Waals surface area contributed by atoms with Crippen LogP contribution in [-0.4, -0.2) is 47.6 Å². The topological polar surface area (TPSA) is 69.6 Å². The number of carbonyl (C=O) groups excluding carboxylic acids is 1. The van der Waals surface area contributed by atoms with Gasteiger partial charge in [0.2, 0.25) is 5.91 Å². The van der Waals surface area contributed by atoms with Gasteiger partial charge in [-0.25, -0.2) is 0 Å². The van der Waals surface area contributed by atoms with Crippen molar-refractivity contribution in [3.05, 3.63) is 0 Å². The summed E-state index contributed by atoms with van der Waals surface area (Å²) in [4.78, 5) is 25.4. The Morgan fingerprint density at radius 3 is 2.47 bits per heavy atom. The number of carboxylic acid groups (broad SMARTS) is 1. The molecule has 1 unspecified atom stereocenters. The van der Waals surface area contributed by atoms with Gasteiger partial charge in [-0.2, -0.15) is 0 Å². The van der Waals surface area contributed by atoms with Crippen molar-refractivity contribution >= 4 is 11.9 Å². The molecule has 0 heterocycles. The molecule has 0 spiro atoms. The number of carboxylic acids is 1. The van der Waals surface area contributed by atoms with Crippen LogP contribution in [0.1, 0.15) is 39.0 Å². The minimum Gasteiger partial charge on any atom is -0.481 e. The van der Waals surface area contributed by atoms with Crippen molar-refractivity contribution in [3.63, 3.8) is 0 Å². The molecule has 0 aromatic rings. The number of amides is 1. The second-order valence-corrected chi connectivity index (χ2v) is 5.97. The monoisotopic (exact) mass is 268 g/mol. The number of carbonyl (C=O) groups is 2. The summed E-state index contributed by atoms with van der Waals surface area (Å²) >= 11 is 0. The maximum atomic E-state index is 12.1. The minimum absolute atomic E-state index is 0.0825. The van der Waals surface area contributed by atoms with E-state index in [4.69, 9.17) is 5.11 Å². The number of nitrogens with one attached hydrogen (secondary N) is 1. The lowest BCUT2D eigenvalue weighted by Crippen LogP contribution is -2.44. The Hall–Kier alpha value is -1.10. The van der Waals surface area contributed by atoms with Gasteiger partial charge in [-0.3, -0.25) is 14.5 Å². The average Bonchev–Trinajstić information content (AvgIpc) is 3.10. The third-order valence-corrected chi connectivity index (χ3v) is 4.56. The molecule has 0 bridgehead atoms. The predicted octanol–water partition coefficient (Wildman–Crippen LogP) is 1.09. The van der Waals surface area contributed by atoms with Gasteiger partial charge in [0.25, 0.3) is 0 Å².